The number of halogens is 1. The van der Waals surface area contributed by atoms with E-state index in [2.05, 4.69) is 15.2 Å². The molecule has 21 heavy (non-hydrogen) atoms. The van der Waals surface area contributed by atoms with Crippen LogP contribution in [-0.4, -0.2) is 36.1 Å². The van der Waals surface area contributed by atoms with Crippen LogP contribution in [0.5, 0.6) is 0 Å². The second-order valence-electron chi connectivity index (χ2n) is 5.21. The van der Waals surface area contributed by atoms with E-state index in [-0.39, 0.29) is 0 Å². The second-order valence-corrected chi connectivity index (χ2v) is 5.61. The quantitative estimate of drug-likeness (QED) is 0.946. The summed E-state index contributed by atoms with van der Waals surface area (Å²) < 4.78 is 0. The van der Waals surface area contributed by atoms with Crippen LogP contribution in [0.2, 0.25) is 5.02 Å². The zero-order valence-electron chi connectivity index (χ0n) is 11.9. The van der Waals surface area contributed by atoms with E-state index in [1.54, 1.807) is 0 Å². The smallest absolute Gasteiger partial charge is 0.225 e. The molecular weight excluding hydrogens is 284 g/mol. The Kier molecular flexibility index (Phi) is 4.68. The predicted molar refractivity (Wildman–Crippen MR) is 86.0 cm³/mol. The number of rotatable bonds is 3. The summed E-state index contributed by atoms with van der Waals surface area (Å²) in [7, 11) is 0. The summed E-state index contributed by atoms with van der Waals surface area (Å²) in [5, 5.41) is 4.18. The summed E-state index contributed by atoms with van der Waals surface area (Å²) in [5.74, 6) is 0.822. The van der Waals surface area contributed by atoms with Gasteiger partial charge in [-0.25, -0.2) is 9.97 Å². The Bertz CT molecular complexity index is 594. The van der Waals surface area contributed by atoms with Crippen LogP contribution in [0, 0.1) is 0 Å². The lowest BCUT2D eigenvalue weighted by atomic mass is 10.1. The van der Waals surface area contributed by atoms with Crippen LogP contribution in [0.15, 0.2) is 36.5 Å². The molecule has 1 aliphatic heterocycles. The van der Waals surface area contributed by atoms with Gasteiger partial charge in [0.15, 0.2) is 0 Å². The third-order valence-corrected chi connectivity index (χ3v) is 4.02. The molecule has 110 valence electrons. The molecule has 0 unspecified atom stereocenters. The fourth-order valence-corrected chi connectivity index (χ4v) is 2.72. The van der Waals surface area contributed by atoms with Crippen molar-refractivity contribution in [3.8, 4) is 0 Å². The first kappa shape index (κ1) is 14.3. The maximum atomic E-state index is 6.22. The van der Waals surface area contributed by atoms with Gasteiger partial charge in [0.1, 0.15) is 0 Å². The maximum Gasteiger partial charge on any atom is 0.225 e. The summed E-state index contributed by atoms with van der Waals surface area (Å²) in [6, 6.07) is 9.87. The number of nitrogens with zero attached hydrogens (tertiary/aromatic N) is 3. The molecule has 3 rings (SSSR count). The van der Waals surface area contributed by atoms with Gasteiger partial charge in [-0.1, -0.05) is 29.8 Å². The average molecular weight is 303 g/mol. The molecule has 0 saturated carbocycles. The van der Waals surface area contributed by atoms with E-state index in [9.17, 15) is 0 Å². The van der Waals surface area contributed by atoms with Crippen molar-refractivity contribution in [1.82, 2.24) is 15.3 Å². The van der Waals surface area contributed by atoms with Crippen molar-refractivity contribution in [1.29, 1.82) is 0 Å². The first-order valence-corrected chi connectivity index (χ1v) is 7.72. The van der Waals surface area contributed by atoms with E-state index in [1.807, 2.05) is 36.5 Å². The molecule has 1 N–H and O–H groups in total. The zero-order chi connectivity index (χ0) is 14.5. The lowest BCUT2D eigenvalue weighted by molar-refractivity contribution is 0.724. The number of hydrogen-bond acceptors (Lipinski definition) is 4. The Morgan fingerprint density at radius 3 is 2.95 bits per heavy atom. The fraction of sp³-hybridized carbons (Fsp3) is 0.375. The molecule has 4 nitrogen and oxygen atoms in total. The molecule has 0 radical (unpaired) electrons. The van der Waals surface area contributed by atoms with E-state index in [0.29, 0.717) is 0 Å². The Hall–Kier alpha value is -1.65. The van der Waals surface area contributed by atoms with Crippen molar-refractivity contribution in [3.63, 3.8) is 0 Å². The van der Waals surface area contributed by atoms with Gasteiger partial charge in [-0.05, 0) is 30.7 Å². The zero-order valence-corrected chi connectivity index (χ0v) is 12.7. The summed E-state index contributed by atoms with van der Waals surface area (Å²) in [4.78, 5) is 11.4. The Labute approximate surface area is 130 Å². The minimum absolute atomic E-state index is 0.737. The van der Waals surface area contributed by atoms with E-state index in [4.69, 9.17) is 16.6 Å². The van der Waals surface area contributed by atoms with E-state index < -0.39 is 0 Å². The van der Waals surface area contributed by atoms with Crippen LogP contribution in [0.25, 0.3) is 0 Å². The van der Waals surface area contributed by atoms with Crippen molar-refractivity contribution in [3.05, 3.63) is 52.8 Å². The Morgan fingerprint density at radius 2 is 2.05 bits per heavy atom. The molecule has 1 aliphatic rings. The van der Waals surface area contributed by atoms with Gasteiger partial charge >= 0.3 is 0 Å². The third kappa shape index (κ3) is 3.71. The Balaban J connectivity index is 1.78. The lowest BCUT2D eigenvalue weighted by Crippen LogP contribution is -2.29. The molecule has 1 saturated heterocycles. The first-order chi connectivity index (χ1) is 10.3. The normalized spacial score (nSPS) is 15.8. The van der Waals surface area contributed by atoms with E-state index >= 15 is 0 Å². The first-order valence-electron chi connectivity index (χ1n) is 7.34. The van der Waals surface area contributed by atoms with Crippen molar-refractivity contribution < 1.29 is 0 Å². The highest BCUT2D eigenvalue weighted by Crippen LogP contribution is 2.19. The second kappa shape index (κ2) is 6.87. The molecule has 0 amide bonds. The van der Waals surface area contributed by atoms with Gasteiger partial charge in [0.05, 0.1) is 5.69 Å². The highest BCUT2D eigenvalue weighted by Gasteiger charge is 2.12. The average Bonchev–Trinajstić information content (AvgIpc) is 2.79. The van der Waals surface area contributed by atoms with Crippen LogP contribution in [0.3, 0.4) is 0 Å². The topological polar surface area (TPSA) is 41.1 Å². The molecule has 0 bridgehead atoms. The van der Waals surface area contributed by atoms with Crippen molar-refractivity contribution in [2.45, 2.75) is 12.8 Å². The van der Waals surface area contributed by atoms with Gasteiger partial charge in [0, 0.05) is 37.3 Å². The molecule has 0 spiro atoms. The fourth-order valence-electron chi connectivity index (χ4n) is 2.52. The summed E-state index contributed by atoms with van der Waals surface area (Å²) in [6.07, 6.45) is 3.70. The standard InChI is InChI=1S/C16H19ClN4/c17-15-5-2-1-4-13(15)12-14-6-8-19-16(20-14)21-10-3-7-18-9-11-21/h1-2,4-6,8,18H,3,7,9-12H2. The van der Waals surface area contributed by atoms with Gasteiger partial charge in [0.25, 0.3) is 0 Å². The number of hydrogen-bond donors (Lipinski definition) is 1. The third-order valence-electron chi connectivity index (χ3n) is 3.65. The van der Waals surface area contributed by atoms with Gasteiger partial charge < -0.3 is 10.2 Å². The van der Waals surface area contributed by atoms with Crippen molar-refractivity contribution >= 4 is 17.5 Å². The molecule has 1 fully saturated rings. The van der Waals surface area contributed by atoms with Gasteiger partial charge in [0.2, 0.25) is 5.95 Å². The number of nitrogens with one attached hydrogen (secondary N) is 1. The van der Waals surface area contributed by atoms with Crippen LogP contribution >= 0.6 is 11.6 Å². The SMILES string of the molecule is Clc1ccccc1Cc1ccnc(N2CCCNCC2)n1. The number of benzene rings is 1. The van der Waals surface area contributed by atoms with Crippen molar-refractivity contribution in [2.24, 2.45) is 0 Å². The monoisotopic (exact) mass is 302 g/mol. The van der Waals surface area contributed by atoms with Crippen molar-refractivity contribution in [2.75, 3.05) is 31.1 Å². The highest BCUT2D eigenvalue weighted by atomic mass is 35.5. The molecule has 1 aromatic heterocycles. The maximum absolute atomic E-state index is 6.22. The molecule has 1 aromatic carbocycles. The van der Waals surface area contributed by atoms with Gasteiger partial charge in [-0.3, -0.25) is 0 Å². The van der Waals surface area contributed by atoms with Crippen LogP contribution in [-0.2, 0) is 6.42 Å². The van der Waals surface area contributed by atoms with Gasteiger partial charge in [-0.2, -0.15) is 0 Å². The van der Waals surface area contributed by atoms with Crippen LogP contribution in [0.4, 0.5) is 5.95 Å². The highest BCUT2D eigenvalue weighted by molar-refractivity contribution is 6.31. The Morgan fingerprint density at radius 1 is 1.14 bits per heavy atom. The summed E-state index contributed by atoms with van der Waals surface area (Å²) in [6.45, 7) is 4.01. The van der Waals surface area contributed by atoms with E-state index in [1.165, 1.54) is 0 Å². The lowest BCUT2D eigenvalue weighted by Gasteiger charge is -2.20. The number of anilines is 1. The number of aromatic nitrogens is 2. The van der Waals surface area contributed by atoms with Crippen LogP contribution < -0.4 is 10.2 Å². The minimum atomic E-state index is 0.737. The molecular formula is C16H19ClN4. The molecule has 0 aliphatic carbocycles. The van der Waals surface area contributed by atoms with Gasteiger partial charge in [-0.15, -0.1) is 0 Å². The largest absolute Gasteiger partial charge is 0.339 e. The predicted octanol–water partition coefficient (Wildman–Crippen LogP) is 2.52. The van der Waals surface area contributed by atoms with E-state index in [0.717, 1.165) is 61.2 Å². The molecule has 2 aromatic rings. The molecule has 5 heteroatoms. The molecule has 0 atom stereocenters. The summed E-state index contributed by atoms with van der Waals surface area (Å²) in [5.41, 5.74) is 2.10. The minimum Gasteiger partial charge on any atom is -0.339 e. The molecule has 2 heterocycles. The summed E-state index contributed by atoms with van der Waals surface area (Å²) >= 11 is 6.22. The van der Waals surface area contributed by atoms with Crippen LogP contribution in [0.1, 0.15) is 17.7 Å².